The zero-order valence-corrected chi connectivity index (χ0v) is 8.27. The van der Waals surface area contributed by atoms with Gasteiger partial charge in [-0.25, -0.2) is 0 Å². The zero-order valence-electron chi connectivity index (χ0n) is 8.27. The molecule has 1 atom stereocenters. The van der Waals surface area contributed by atoms with E-state index in [2.05, 4.69) is 54.1 Å². The second-order valence-electron chi connectivity index (χ2n) is 4.01. The summed E-state index contributed by atoms with van der Waals surface area (Å²) in [5.74, 6) is 0. The van der Waals surface area contributed by atoms with E-state index in [0.717, 1.165) is 6.42 Å². The molecule has 1 nitrogen and oxygen atoms in total. The molecule has 1 heteroatoms. The number of hydrogen-bond acceptors (Lipinski definition) is 0. The van der Waals surface area contributed by atoms with Crippen LogP contribution in [0.25, 0.3) is 11.3 Å². The molecular weight excluding hydrogens is 170 g/mol. The molecule has 1 aliphatic heterocycles. The predicted molar refractivity (Wildman–Crippen MR) is 58.3 cm³/mol. The van der Waals surface area contributed by atoms with E-state index in [9.17, 15) is 0 Å². The number of hydrogen-bond donors (Lipinski definition) is 0. The van der Waals surface area contributed by atoms with Crippen molar-refractivity contribution in [1.82, 2.24) is 4.57 Å². The van der Waals surface area contributed by atoms with Crippen LogP contribution in [0.2, 0.25) is 0 Å². The molecule has 0 bridgehead atoms. The van der Waals surface area contributed by atoms with Crippen molar-refractivity contribution < 1.29 is 0 Å². The van der Waals surface area contributed by atoms with E-state index in [1.54, 1.807) is 0 Å². The topological polar surface area (TPSA) is 4.93 Å². The van der Waals surface area contributed by atoms with Gasteiger partial charge >= 0.3 is 0 Å². The molecule has 0 radical (unpaired) electrons. The van der Waals surface area contributed by atoms with Crippen molar-refractivity contribution in [2.75, 3.05) is 0 Å². The second kappa shape index (κ2) is 2.74. The van der Waals surface area contributed by atoms with E-state index in [-0.39, 0.29) is 0 Å². The Morgan fingerprint density at radius 3 is 2.93 bits per heavy atom. The molecule has 0 saturated carbocycles. The minimum absolute atomic E-state index is 0.592. The van der Waals surface area contributed by atoms with E-state index in [4.69, 9.17) is 0 Å². The number of benzene rings is 1. The minimum Gasteiger partial charge on any atom is -0.344 e. The summed E-state index contributed by atoms with van der Waals surface area (Å²) < 4.78 is 2.36. The van der Waals surface area contributed by atoms with Gasteiger partial charge in [0, 0.05) is 23.5 Å². The normalized spacial score (nSPS) is 18.8. The maximum absolute atomic E-state index is 2.36. The smallest absolute Gasteiger partial charge is 0.0485 e. The summed E-state index contributed by atoms with van der Waals surface area (Å²) in [6.07, 6.45) is 3.33. The van der Waals surface area contributed by atoms with Crippen molar-refractivity contribution in [1.29, 1.82) is 0 Å². The molecule has 0 amide bonds. The lowest BCUT2D eigenvalue weighted by Crippen LogP contribution is -2.14. The molecule has 1 aliphatic rings. The maximum atomic E-state index is 2.36. The molecule has 1 aromatic heterocycles. The average Bonchev–Trinajstić information content (AvgIpc) is 2.67. The maximum Gasteiger partial charge on any atom is 0.0485 e. The largest absolute Gasteiger partial charge is 0.344 e. The Morgan fingerprint density at radius 1 is 1.14 bits per heavy atom. The van der Waals surface area contributed by atoms with Crippen LogP contribution in [0.1, 0.15) is 18.5 Å². The van der Waals surface area contributed by atoms with Gasteiger partial charge in [-0.05, 0) is 31.0 Å². The first-order valence-corrected chi connectivity index (χ1v) is 5.11. The molecule has 0 fully saturated rings. The van der Waals surface area contributed by atoms with Crippen molar-refractivity contribution in [3.8, 4) is 11.3 Å². The molecule has 0 spiro atoms. The fourth-order valence-corrected chi connectivity index (χ4v) is 2.37. The summed E-state index contributed by atoms with van der Waals surface area (Å²) in [5.41, 5.74) is 4.24. The third-order valence-corrected chi connectivity index (χ3v) is 3.06. The van der Waals surface area contributed by atoms with Crippen molar-refractivity contribution in [2.24, 2.45) is 0 Å². The molecule has 0 aliphatic carbocycles. The molecule has 3 rings (SSSR count). The molecule has 1 aromatic carbocycles. The van der Waals surface area contributed by atoms with Crippen LogP contribution in [0.5, 0.6) is 0 Å². The second-order valence-corrected chi connectivity index (χ2v) is 4.01. The van der Waals surface area contributed by atoms with Gasteiger partial charge in [0.1, 0.15) is 0 Å². The van der Waals surface area contributed by atoms with Crippen LogP contribution in [0.3, 0.4) is 0 Å². The lowest BCUT2D eigenvalue weighted by Gasteiger charge is -2.25. The fourth-order valence-electron chi connectivity index (χ4n) is 2.37. The Balaban J connectivity index is 2.29. The standard InChI is InChI=1S/C13H13N/c1-10-9-11-5-2-3-6-12(11)13-7-4-8-14(10)13/h2-8,10H,9H2,1H3. The quantitative estimate of drug-likeness (QED) is 0.590. The van der Waals surface area contributed by atoms with Gasteiger partial charge in [0.15, 0.2) is 0 Å². The lowest BCUT2D eigenvalue weighted by molar-refractivity contribution is 0.540. The predicted octanol–water partition coefficient (Wildman–Crippen LogP) is 3.27. The Hall–Kier alpha value is -1.50. The first-order valence-electron chi connectivity index (χ1n) is 5.11. The Bertz CT molecular complexity index is 468. The Kier molecular flexibility index (Phi) is 1.54. The van der Waals surface area contributed by atoms with Gasteiger partial charge in [0.05, 0.1) is 0 Å². The summed E-state index contributed by atoms with van der Waals surface area (Å²) in [5, 5.41) is 0. The number of rotatable bonds is 0. The van der Waals surface area contributed by atoms with E-state index < -0.39 is 0 Å². The van der Waals surface area contributed by atoms with Crippen molar-refractivity contribution in [2.45, 2.75) is 19.4 Å². The van der Waals surface area contributed by atoms with Gasteiger partial charge in [-0.15, -0.1) is 0 Å². The molecule has 2 aromatic rings. The van der Waals surface area contributed by atoms with Crippen molar-refractivity contribution >= 4 is 0 Å². The first kappa shape index (κ1) is 7.86. The summed E-state index contributed by atoms with van der Waals surface area (Å²) in [4.78, 5) is 0. The van der Waals surface area contributed by atoms with Gasteiger partial charge in [0.2, 0.25) is 0 Å². The molecular formula is C13H13N. The monoisotopic (exact) mass is 183 g/mol. The highest BCUT2D eigenvalue weighted by Crippen LogP contribution is 2.34. The van der Waals surface area contributed by atoms with E-state index in [1.165, 1.54) is 16.8 Å². The summed E-state index contributed by atoms with van der Waals surface area (Å²) in [6, 6.07) is 13.6. The summed E-state index contributed by atoms with van der Waals surface area (Å²) in [7, 11) is 0. The van der Waals surface area contributed by atoms with Crippen molar-refractivity contribution in [3.63, 3.8) is 0 Å². The number of aromatic nitrogens is 1. The molecule has 2 heterocycles. The van der Waals surface area contributed by atoms with Crippen LogP contribution < -0.4 is 0 Å². The van der Waals surface area contributed by atoms with Crippen LogP contribution in [0.15, 0.2) is 42.6 Å². The number of nitrogens with zero attached hydrogens (tertiary/aromatic N) is 1. The fraction of sp³-hybridized carbons (Fsp3) is 0.231. The molecule has 14 heavy (non-hydrogen) atoms. The summed E-state index contributed by atoms with van der Waals surface area (Å²) >= 11 is 0. The third-order valence-electron chi connectivity index (χ3n) is 3.06. The van der Waals surface area contributed by atoms with Crippen LogP contribution >= 0.6 is 0 Å². The molecule has 0 N–H and O–H groups in total. The highest BCUT2D eigenvalue weighted by Gasteiger charge is 2.19. The van der Waals surface area contributed by atoms with E-state index >= 15 is 0 Å². The number of fused-ring (bicyclic) bond motifs is 3. The van der Waals surface area contributed by atoms with E-state index in [0.29, 0.717) is 6.04 Å². The van der Waals surface area contributed by atoms with Crippen LogP contribution in [0, 0.1) is 0 Å². The van der Waals surface area contributed by atoms with Crippen LogP contribution in [0.4, 0.5) is 0 Å². The summed E-state index contributed by atoms with van der Waals surface area (Å²) in [6.45, 7) is 2.28. The van der Waals surface area contributed by atoms with Gasteiger partial charge in [-0.1, -0.05) is 24.3 Å². The van der Waals surface area contributed by atoms with Crippen LogP contribution in [-0.2, 0) is 6.42 Å². The first-order chi connectivity index (χ1) is 6.86. The van der Waals surface area contributed by atoms with Crippen molar-refractivity contribution in [3.05, 3.63) is 48.2 Å². The molecule has 0 saturated heterocycles. The minimum atomic E-state index is 0.592. The SMILES string of the molecule is CC1Cc2ccccc2-c2cccn21. The highest BCUT2D eigenvalue weighted by atomic mass is 15.0. The van der Waals surface area contributed by atoms with Gasteiger partial charge in [-0.3, -0.25) is 0 Å². The lowest BCUT2D eigenvalue weighted by atomic mass is 9.95. The average molecular weight is 183 g/mol. The zero-order chi connectivity index (χ0) is 9.54. The highest BCUT2D eigenvalue weighted by molar-refractivity contribution is 5.66. The van der Waals surface area contributed by atoms with E-state index in [1.807, 2.05) is 0 Å². The van der Waals surface area contributed by atoms with Gasteiger partial charge < -0.3 is 4.57 Å². The van der Waals surface area contributed by atoms with Crippen LogP contribution in [-0.4, -0.2) is 4.57 Å². The third kappa shape index (κ3) is 0.955. The van der Waals surface area contributed by atoms with Gasteiger partial charge in [0.25, 0.3) is 0 Å². The molecule has 1 unspecified atom stereocenters. The Morgan fingerprint density at radius 2 is 2.00 bits per heavy atom. The molecule has 70 valence electrons. The van der Waals surface area contributed by atoms with Gasteiger partial charge in [-0.2, -0.15) is 0 Å². The Labute approximate surface area is 84.0 Å².